The van der Waals surface area contributed by atoms with Crippen LogP contribution in [0.3, 0.4) is 0 Å². The quantitative estimate of drug-likeness (QED) is 0.693. The van der Waals surface area contributed by atoms with Crippen molar-refractivity contribution in [1.29, 1.82) is 0 Å². The predicted molar refractivity (Wildman–Crippen MR) is 56.6 cm³/mol. The van der Waals surface area contributed by atoms with Crippen molar-refractivity contribution >= 4 is 5.78 Å². The zero-order chi connectivity index (χ0) is 10.7. The summed E-state index contributed by atoms with van der Waals surface area (Å²) in [6, 6.07) is 7.09. The monoisotopic (exact) mass is 198 g/mol. The van der Waals surface area contributed by atoms with Crippen molar-refractivity contribution in [3.05, 3.63) is 59.7 Å². The predicted octanol–water partition coefficient (Wildman–Crippen LogP) is 2.02. The number of carbonyl (C=O) groups excluding carboxylic acids is 1. The minimum Gasteiger partial charge on any atom is -0.287 e. The third kappa shape index (κ3) is 2.07. The third-order valence-electron chi connectivity index (χ3n) is 2.03. The van der Waals surface area contributed by atoms with Crippen LogP contribution in [-0.4, -0.2) is 15.8 Å². The molecule has 3 nitrogen and oxygen atoms in total. The first kappa shape index (κ1) is 9.52. The average Bonchev–Trinajstić information content (AvgIpc) is 2.29. The summed E-state index contributed by atoms with van der Waals surface area (Å²) in [6.07, 6.45) is 4.88. The van der Waals surface area contributed by atoms with Gasteiger partial charge in [-0.2, -0.15) is 0 Å². The molecule has 2 aromatic heterocycles. The Hall–Kier alpha value is -2.03. The summed E-state index contributed by atoms with van der Waals surface area (Å²) in [5.41, 5.74) is 2.00. The van der Waals surface area contributed by atoms with E-state index in [1.165, 1.54) is 0 Å². The van der Waals surface area contributed by atoms with Crippen LogP contribution in [0.25, 0.3) is 0 Å². The van der Waals surface area contributed by atoms with Gasteiger partial charge in [0.15, 0.2) is 0 Å². The Kier molecular flexibility index (Phi) is 2.54. The number of aryl methyl sites for hydroxylation is 1. The number of aromatic nitrogens is 2. The molecule has 0 saturated carbocycles. The van der Waals surface area contributed by atoms with E-state index in [0.29, 0.717) is 11.3 Å². The van der Waals surface area contributed by atoms with Crippen LogP contribution in [0.15, 0.2) is 42.9 Å². The van der Waals surface area contributed by atoms with Crippen LogP contribution in [0.2, 0.25) is 0 Å². The van der Waals surface area contributed by atoms with E-state index >= 15 is 0 Å². The van der Waals surface area contributed by atoms with Gasteiger partial charge in [0.2, 0.25) is 5.78 Å². The van der Waals surface area contributed by atoms with Gasteiger partial charge in [-0.25, -0.2) is 0 Å². The molecule has 0 atom stereocenters. The van der Waals surface area contributed by atoms with Crippen LogP contribution >= 0.6 is 0 Å². The molecule has 2 aromatic rings. The average molecular weight is 198 g/mol. The molecule has 0 fully saturated rings. The highest BCUT2D eigenvalue weighted by Crippen LogP contribution is 2.07. The van der Waals surface area contributed by atoms with E-state index in [0.717, 1.165) is 5.56 Å². The summed E-state index contributed by atoms with van der Waals surface area (Å²) in [5, 5.41) is 0. The lowest BCUT2D eigenvalue weighted by atomic mass is 10.1. The van der Waals surface area contributed by atoms with Crippen molar-refractivity contribution in [2.45, 2.75) is 6.92 Å². The van der Waals surface area contributed by atoms with Gasteiger partial charge in [-0.3, -0.25) is 14.8 Å². The summed E-state index contributed by atoms with van der Waals surface area (Å²) in [5.74, 6) is -0.0909. The molecule has 0 unspecified atom stereocenters. The molecule has 0 radical (unpaired) electrons. The Morgan fingerprint density at radius 3 is 2.80 bits per heavy atom. The van der Waals surface area contributed by atoms with E-state index in [1.807, 2.05) is 13.0 Å². The van der Waals surface area contributed by atoms with Gasteiger partial charge in [0.25, 0.3) is 0 Å². The highest BCUT2D eigenvalue weighted by Gasteiger charge is 2.09. The molecule has 0 aliphatic rings. The Morgan fingerprint density at radius 2 is 2.13 bits per heavy atom. The van der Waals surface area contributed by atoms with Gasteiger partial charge in [-0.05, 0) is 30.7 Å². The summed E-state index contributed by atoms with van der Waals surface area (Å²) in [6.45, 7) is 1.90. The molecule has 0 N–H and O–H groups in total. The lowest BCUT2D eigenvalue weighted by Crippen LogP contribution is -2.04. The Labute approximate surface area is 87.8 Å². The highest BCUT2D eigenvalue weighted by molar-refractivity contribution is 6.07. The van der Waals surface area contributed by atoms with Crippen molar-refractivity contribution in [2.24, 2.45) is 0 Å². The lowest BCUT2D eigenvalue weighted by molar-refractivity contribution is 0.103. The molecular formula is C12H10N2O. The molecule has 2 rings (SSSR count). The normalized spacial score (nSPS) is 9.93. The van der Waals surface area contributed by atoms with Crippen LogP contribution in [0, 0.1) is 6.92 Å². The van der Waals surface area contributed by atoms with Gasteiger partial charge < -0.3 is 0 Å². The molecule has 3 heteroatoms. The van der Waals surface area contributed by atoms with E-state index in [1.54, 1.807) is 36.8 Å². The zero-order valence-electron chi connectivity index (χ0n) is 8.34. The minimum atomic E-state index is -0.0909. The largest absolute Gasteiger partial charge is 0.287 e. The van der Waals surface area contributed by atoms with Crippen molar-refractivity contribution in [3.63, 3.8) is 0 Å². The first-order chi connectivity index (χ1) is 7.27. The van der Waals surface area contributed by atoms with Crippen molar-refractivity contribution in [1.82, 2.24) is 9.97 Å². The SMILES string of the molecule is Cc1cncc(C(=O)c2ccccn2)c1. The van der Waals surface area contributed by atoms with Gasteiger partial charge in [-0.15, -0.1) is 0 Å². The second-order valence-corrected chi connectivity index (χ2v) is 3.30. The molecule has 0 aliphatic carbocycles. The van der Waals surface area contributed by atoms with Gasteiger partial charge in [0, 0.05) is 24.2 Å². The van der Waals surface area contributed by atoms with Crippen molar-refractivity contribution in [2.75, 3.05) is 0 Å². The molecule has 0 amide bonds. The van der Waals surface area contributed by atoms with Gasteiger partial charge in [0.05, 0.1) is 0 Å². The van der Waals surface area contributed by atoms with Crippen molar-refractivity contribution < 1.29 is 4.79 Å². The number of nitrogens with zero attached hydrogens (tertiary/aromatic N) is 2. The first-order valence-corrected chi connectivity index (χ1v) is 4.65. The van der Waals surface area contributed by atoms with Gasteiger partial charge in [0.1, 0.15) is 5.69 Å². The third-order valence-corrected chi connectivity index (χ3v) is 2.03. The van der Waals surface area contributed by atoms with E-state index in [4.69, 9.17) is 0 Å². The van der Waals surface area contributed by atoms with Crippen LogP contribution in [0.5, 0.6) is 0 Å². The van der Waals surface area contributed by atoms with Crippen molar-refractivity contribution in [3.8, 4) is 0 Å². The standard InChI is InChI=1S/C12H10N2O/c1-9-6-10(8-13-7-9)12(15)11-4-2-3-5-14-11/h2-8H,1H3. The molecule has 0 bridgehead atoms. The maximum atomic E-state index is 11.9. The molecule has 0 spiro atoms. The van der Waals surface area contributed by atoms with Crippen LogP contribution in [0.4, 0.5) is 0 Å². The molecule has 0 aromatic carbocycles. The fraction of sp³-hybridized carbons (Fsp3) is 0.0833. The molecule has 0 aliphatic heterocycles. The van der Waals surface area contributed by atoms with Crippen LogP contribution in [0.1, 0.15) is 21.6 Å². The Bertz CT molecular complexity index is 480. The van der Waals surface area contributed by atoms with Crippen LogP contribution < -0.4 is 0 Å². The number of pyridine rings is 2. The molecule has 2 heterocycles. The number of rotatable bonds is 2. The summed E-state index contributed by atoms with van der Waals surface area (Å²) >= 11 is 0. The molecule has 15 heavy (non-hydrogen) atoms. The molecular weight excluding hydrogens is 188 g/mol. The summed E-state index contributed by atoms with van der Waals surface area (Å²) in [4.78, 5) is 19.9. The van der Waals surface area contributed by atoms with E-state index < -0.39 is 0 Å². The first-order valence-electron chi connectivity index (χ1n) is 4.65. The summed E-state index contributed by atoms with van der Waals surface area (Å²) < 4.78 is 0. The lowest BCUT2D eigenvalue weighted by Gasteiger charge is -2.00. The van der Waals surface area contributed by atoms with E-state index in [2.05, 4.69) is 9.97 Å². The topological polar surface area (TPSA) is 42.9 Å². The Balaban J connectivity index is 2.37. The maximum absolute atomic E-state index is 11.9. The Morgan fingerprint density at radius 1 is 1.27 bits per heavy atom. The zero-order valence-corrected chi connectivity index (χ0v) is 8.34. The molecule has 74 valence electrons. The second kappa shape index (κ2) is 4.00. The molecule has 0 saturated heterocycles. The van der Waals surface area contributed by atoms with Gasteiger partial charge in [-0.1, -0.05) is 6.07 Å². The van der Waals surface area contributed by atoms with E-state index in [9.17, 15) is 4.79 Å². The fourth-order valence-electron chi connectivity index (χ4n) is 1.32. The van der Waals surface area contributed by atoms with Gasteiger partial charge >= 0.3 is 0 Å². The summed E-state index contributed by atoms with van der Waals surface area (Å²) in [7, 11) is 0. The number of ketones is 1. The van der Waals surface area contributed by atoms with Crippen LogP contribution in [-0.2, 0) is 0 Å². The smallest absolute Gasteiger partial charge is 0.212 e. The van der Waals surface area contributed by atoms with E-state index in [-0.39, 0.29) is 5.78 Å². The maximum Gasteiger partial charge on any atom is 0.212 e. The number of carbonyl (C=O) groups is 1. The minimum absolute atomic E-state index is 0.0909. The highest BCUT2D eigenvalue weighted by atomic mass is 16.1. The number of hydrogen-bond donors (Lipinski definition) is 0. The number of hydrogen-bond acceptors (Lipinski definition) is 3. The fourth-order valence-corrected chi connectivity index (χ4v) is 1.32. The second-order valence-electron chi connectivity index (χ2n) is 3.30.